The van der Waals surface area contributed by atoms with Crippen molar-refractivity contribution in [3.63, 3.8) is 0 Å². The summed E-state index contributed by atoms with van der Waals surface area (Å²) in [5.74, 6) is 0. The molecule has 0 atom stereocenters. The number of hydroxylamine groups is 2. The monoisotopic (exact) mass is 217 g/mol. The average Bonchev–Trinajstić information content (AvgIpc) is 2.09. The molecule has 0 fully saturated rings. The maximum absolute atomic E-state index is 11.5. The summed E-state index contributed by atoms with van der Waals surface area (Å²) in [6, 6.07) is 0. The Morgan fingerprint density at radius 3 is 2.40 bits per heavy atom. The van der Waals surface area contributed by atoms with Gasteiger partial charge < -0.3 is 9.53 Å². The molecule has 0 N–H and O–H groups in total. The molecule has 1 amide bonds. The van der Waals surface area contributed by atoms with Gasteiger partial charge in [0.05, 0.1) is 6.61 Å². The average molecular weight is 217 g/mol. The third-order valence-electron chi connectivity index (χ3n) is 1.37. The molecular formula is C10H19NO4. The van der Waals surface area contributed by atoms with E-state index in [2.05, 4.69) is 0 Å². The van der Waals surface area contributed by atoms with Gasteiger partial charge in [0, 0.05) is 13.0 Å². The standard InChI is InChI=1S/C10H19NO4/c1-5-11(14-8-6-7-12)9(13)15-10(2,3)4/h7H,5-6,8H2,1-4H3. The molecule has 88 valence electrons. The van der Waals surface area contributed by atoms with Crippen molar-refractivity contribution >= 4 is 12.4 Å². The Kier molecular flexibility index (Phi) is 5.93. The summed E-state index contributed by atoms with van der Waals surface area (Å²) in [6.45, 7) is 7.69. The van der Waals surface area contributed by atoms with Crippen LogP contribution in [0, 0.1) is 0 Å². The molecule has 0 rings (SSSR count). The molecule has 0 aliphatic rings. The predicted molar refractivity (Wildman–Crippen MR) is 55.2 cm³/mol. The van der Waals surface area contributed by atoms with Crippen LogP contribution in [-0.4, -0.2) is 36.2 Å². The fourth-order valence-electron chi connectivity index (χ4n) is 0.797. The number of hydrogen-bond donors (Lipinski definition) is 0. The molecule has 0 unspecified atom stereocenters. The lowest BCUT2D eigenvalue weighted by Crippen LogP contribution is -2.37. The zero-order valence-electron chi connectivity index (χ0n) is 9.78. The van der Waals surface area contributed by atoms with Crippen LogP contribution >= 0.6 is 0 Å². The first-order valence-electron chi connectivity index (χ1n) is 4.97. The highest BCUT2D eigenvalue weighted by molar-refractivity contribution is 5.66. The van der Waals surface area contributed by atoms with Crippen molar-refractivity contribution in [3.05, 3.63) is 0 Å². The zero-order valence-corrected chi connectivity index (χ0v) is 9.78. The summed E-state index contributed by atoms with van der Waals surface area (Å²) < 4.78 is 5.10. The molecule has 0 aromatic rings. The molecule has 0 saturated carbocycles. The molecule has 0 radical (unpaired) electrons. The van der Waals surface area contributed by atoms with Gasteiger partial charge in [-0.05, 0) is 27.7 Å². The first kappa shape index (κ1) is 13.9. The third-order valence-corrected chi connectivity index (χ3v) is 1.37. The molecule has 0 aliphatic heterocycles. The molecule has 0 aromatic heterocycles. The van der Waals surface area contributed by atoms with Crippen molar-refractivity contribution in [1.29, 1.82) is 0 Å². The maximum Gasteiger partial charge on any atom is 0.434 e. The molecule has 5 nitrogen and oxygen atoms in total. The Bertz CT molecular complexity index is 210. The van der Waals surface area contributed by atoms with Gasteiger partial charge in [0.25, 0.3) is 0 Å². The zero-order chi connectivity index (χ0) is 11.9. The summed E-state index contributed by atoms with van der Waals surface area (Å²) in [7, 11) is 0. The fraction of sp³-hybridized carbons (Fsp3) is 0.800. The van der Waals surface area contributed by atoms with Gasteiger partial charge in [-0.3, -0.25) is 4.84 Å². The van der Waals surface area contributed by atoms with Crippen LogP contribution in [0.5, 0.6) is 0 Å². The minimum absolute atomic E-state index is 0.191. The van der Waals surface area contributed by atoms with E-state index in [1.165, 1.54) is 0 Å². The number of amides is 1. The van der Waals surface area contributed by atoms with Gasteiger partial charge in [-0.1, -0.05) is 0 Å². The highest BCUT2D eigenvalue weighted by Gasteiger charge is 2.21. The number of aldehydes is 1. The SMILES string of the molecule is CCN(OCCC=O)C(=O)OC(C)(C)C. The first-order valence-corrected chi connectivity index (χ1v) is 4.97. The largest absolute Gasteiger partial charge is 0.442 e. The number of ether oxygens (including phenoxy) is 1. The Morgan fingerprint density at radius 1 is 1.40 bits per heavy atom. The van der Waals surface area contributed by atoms with Crippen molar-refractivity contribution in [3.8, 4) is 0 Å². The number of carbonyl (C=O) groups excluding carboxylic acids is 2. The van der Waals surface area contributed by atoms with E-state index in [1.807, 2.05) is 0 Å². The summed E-state index contributed by atoms with van der Waals surface area (Å²) in [5, 5.41) is 1.11. The lowest BCUT2D eigenvalue weighted by atomic mass is 10.2. The quantitative estimate of drug-likeness (QED) is 0.400. The van der Waals surface area contributed by atoms with Crippen LogP contribution in [-0.2, 0) is 14.4 Å². The number of carbonyl (C=O) groups is 2. The van der Waals surface area contributed by atoms with Gasteiger partial charge in [0.2, 0.25) is 0 Å². The van der Waals surface area contributed by atoms with Crippen molar-refractivity contribution < 1.29 is 19.2 Å². The fourth-order valence-corrected chi connectivity index (χ4v) is 0.797. The van der Waals surface area contributed by atoms with Gasteiger partial charge >= 0.3 is 6.09 Å². The van der Waals surface area contributed by atoms with E-state index >= 15 is 0 Å². The van der Waals surface area contributed by atoms with E-state index < -0.39 is 11.7 Å². The minimum Gasteiger partial charge on any atom is -0.442 e. The molecular weight excluding hydrogens is 198 g/mol. The van der Waals surface area contributed by atoms with Crippen molar-refractivity contribution in [2.24, 2.45) is 0 Å². The van der Waals surface area contributed by atoms with Crippen LogP contribution in [0.3, 0.4) is 0 Å². The molecule has 0 aliphatic carbocycles. The van der Waals surface area contributed by atoms with Crippen LogP contribution in [0.4, 0.5) is 4.79 Å². The second-order valence-corrected chi connectivity index (χ2v) is 3.96. The van der Waals surface area contributed by atoms with Crippen LogP contribution in [0.15, 0.2) is 0 Å². The van der Waals surface area contributed by atoms with E-state index in [9.17, 15) is 9.59 Å². The minimum atomic E-state index is -0.543. The van der Waals surface area contributed by atoms with Gasteiger partial charge in [0.15, 0.2) is 0 Å². The van der Waals surface area contributed by atoms with Gasteiger partial charge in [-0.25, -0.2) is 4.79 Å². The molecule has 5 heteroatoms. The van der Waals surface area contributed by atoms with Crippen LogP contribution in [0.1, 0.15) is 34.1 Å². The van der Waals surface area contributed by atoms with E-state index in [0.29, 0.717) is 6.54 Å². The maximum atomic E-state index is 11.5. The van der Waals surface area contributed by atoms with Crippen LogP contribution in [0.2, 0.25) is 0 Å². The first-order chi connectivity index (χ1) is 6.90. The van der Waals surface area contributed by atoms with Crippen molar-refractivity contribution in [2.45, 2.75) is 39.7 Å². The van der Waals surface area contributed by atoms with Gasteiger partial charge in [0.1, 0.15) is 11.9 Å². The highest BCUT2D eigenvalue weighted by atomic mass is 16.7. The van der Waals surface area contributed by atoms with Crippen molar-refractivity contribution in [1.82, 2.24) is 5.06 Å². The van der Waals surface area contributed by atoms with Crippen molar-refractivity contribution in [2.75, 3.05) is 13.2 Å². The topological polar surface area (TPSA) is 55.8 Å². The number of rotatable bonds is 5. The van der Waals surface area contributed by atoms with E-state index in [0.717, 1.165) is 11.3 Å². The van der Waals surface area contributed by atoms with Crippen LogP contribution in [0.25, 0.3) is 0 Å². The predicted octanol–water partition coefficient (Wildman–Crippen LogP) is 1.76. The molecule has 0 saturated heterocycles. The van der Waals surface area contributed by atoms with Gasteiger partial charge in [-0.2, -0.15) is 5.06 Å². The molecule has 0 heterocycles. The van der Waals surface area contributed by atoms with E-state index in [-0.39, 0.29) is 13.0 Å². The summed E-state index contributed by atoms with van der Waals surface area (Å²) in [4.78, 5) is 26.6. The summed E-state index contributed by atoms with van der Waals surface area (Å²) in [5.41, 5.74) is -0.543. The third kappa shape index (κ3) is 6.90. The lowest BCUT2D eigenvalue weighted by molar-refractivity contribution is -0.147. The Morgan fingerprint density at radius 2 is 2.00 bits per heavy atom. The van der Waals surface area contributed by atoms with E-state index in [1.54, 1.807) is 27.7 Å². The Balaban J connectivity index is 4.04. The second kappa shape index (κ2) is 6.40. The molecule has 0 bridgehead atoms. The molecule has 15 heavy (non-hydrogen) atoms. The van der Waals surface area contributed by atoms with Gasteiger partial charge in [-0.15, -0.1) is 0 Å². The Hall–Kier alpha value is -1.10. The second-order valence-electron chi connectivity index (χ2n) is 3.96. The molecule has 0 aromatic carbocycles. The summed E-state index contributed by atoms with van der Waals surface area (Å²) >= 11 is 0. The highest BCUT2D eigenvalue weighted by Crippen LogP contribution is 2.10. The number of nitrogens with zero attached hydrogens (tertiary/aromatic N) is 1. The van der Waals surface area contributed by atoms with E-state index in [4.69, 9.17) is 9.57 Å². The molecule has 0 spiro atoms. The summed E-state index contributed by atoms with van der Waals surface area (Å²) in [6.07, 6.45) is 0.471. The normalized spacial score (nSPS) is 10.9. The lowest BCUT2D eigenvalue weighted by Gasteiger charge is -2.25. The van der Waals surface area contributed by atoms with Crippen LogP contribution < -0.4 is 0 Å². The smallest absolute Gasteiger partial charge is 0.434 e. The Labute approximate surface area is 90.3 Å². The number of hydrogen-bond acceptors (Lipinski definition) is 4.